The van der Waals surface area contributed by atoms with E-state index < -0.39 is 10.7 Å². The van der Waals surface area contributed by atoms with E-state index in [1.165, 1.54) is 12.1 Å². The van der Waals surface area contributed by atoms with E-state index in [1.807, 2.05) is 32.0 Å². The van der Waals surface area contributed by atoms with Gasteiger partial charge in [-0.3, -0.25) is 10.1 Å². The van der Waals surface area contributed by atoms with Gasteiger partial charge in [-0.1, -0.05) is 12.1 Å². The topological polar surface area (TPSA) is 55.2 Å². The van der Waals surface area contributed by atoms with Crippen LogP contribution in [0.2, 0.25) is 0 Å². The van der Waals surface area contributed by atoms with Gasteiger partial charge in [-0.25, -0.2) is 4.39 Å². The van der Waals surface area contributed by atoms with Gasteiger partial charge in [-0.2, -0.15) is 0 Å². The zero-order valence-electron chi connectivity index (χ0n) is 11.3. The second-order valence-electron chi connectivity index (χ2n) is 4.68. The SMILES string of the molecule is Cc1cccc(NCc2cc(F)cc([N+](=O)[O-])c2)c1C. The number of hydrogen-bond acceptors (Lipinski definition) is 3. The van der Waals surface area contributed by atoms with Gasteiger partial charge in [-0.15, -0.1) is 0 Å². The Morgan fingerprint density at radius 2 is 2.00 bits per heavy atom. The average Bonchev–Trinajstić information content (AvgIpc) is 2.40. The Hall–Kier alpha value is -2.43. The molecule has 4 nitrogen and oxygen atoms in total. The number of nitro groups is 1. The second-order valence-corrected chi connectivity index (χ2v) is 4.68. The van der Waals surface area contributed by atoms with Crippen molar-refractivity contribution in [2.45, 2.75) is 20.4 Å². The predicted molar refractivity (Wildman–Crippen MR) is 76.3 cm³/mol. The van der Waals surface area contributed by atoms with Crippen molar-refractivity contribution in [2.24, 2.45) is 0 Å². The molecule has 5 heteroatoms. The van der Waals surface area contributed by atoms with Gasteiger partial charge in [0.25, 0.3) is 5.69 Å². The van der Waals surface area contributed by atoms with Crippen LogP contribution in [0.25, 0.3) is 0 Å². The summed E-state index contributed by atoms with van der Waals surface area (Å²) in [6, 6.07) is 9.45. The van der Waals surface area contributed by atoms with E-state index in [4.69, 9.17) is 0 Å². The third kappa shape index (κ3) is 3.12. The fourth-order valence-corrected chi connectivity index (χ4v) is 1.98. The van der Waals surface area contributed by atoms with Crippen LogP contribution in [0.4, 0.5) is 15.8 Å². The van der Waals surface area contributed by atoms with Gasteiger partial charge in [0, 0.05) is 18.3 Å². The molecular formula is C15H15FN2O2. The average molecular weight is 274 g/mol. The first-order valence-electron chi connectivity index (χ1n) is 6.21. The fourth-order valence-electron chi connectivity index (χ4n) is 1.98. The largest absolute Gasteiger partial charge is 0.381 e. The number of anilines is 1. The highest BCUT2D eigenvalue weighted by Crippen LogP contribution is 2.21. The first kappa shape index (κ1) is 14.0. The van der Waals surface area contributed by atoms with Gasteiger partial charge >= 0.3 is 0 Å². The zero-order chi connectivity index (χ0) is 14.7. The number of rotatable bonds is 4. The molecule has 0 saturated carbocycles. The number of nitrogens with one attached hydrogen (secondary N) is 1. The van der Waals surface area contributed by atoms with Crippen molar-refractivity contribution in [1.29, 1.82) is 0 Å². The molecule has 2 rings (SSSR count). The first-order chi connectivity index (χ1) is 9.47. The minimum atomic E-state index is -0.600. The highest BCUT2D eigenvalue weighted by atomic mass is 19.1. The van der Waals surface area contributed by atoms with Crippen LogP contribution in [0.15, 0.2) is 36.4 Å². The molecular weight excluding hydrogens is 259 g/mol. The van der Waals surface area contributed by atoms with Crippen LogP contribution >= 0.6 is 0 Å². The van der Waals surface area contributed by atoms with Gasteiger partial charge in [-0.05, 0) is 42.7 Å². The summed E-state index contributed by atoms with van der Waals surface area (Å²) >= 11 is 0. The van der Waals surface area contributed by atoms with E-state index in [1.54, 1.807) is 0 Å². The molecule has 0 heterocycles. The van der Waals surface area contributed by atoms with Crippen LogP contribution in [0, 0.1) is 29.8 Å². The zero-order valence-corrected chi connectivity index (χ0v) is 11.3. The highest BCUT2D eigenvalue weighted by Gasteiger charge is 2.10. The number of benzene rings is 2. The molecule has 0 aliphatic heterocycles. The van der Waals surface area contributed by atoms with Crippen LogP contribution in [-0.4, -0.2) is 4.92 Å². The van der Waals surface area contributed by atoms with Crippen molar-refractivity contribution < 1.29 is 9.31 Å². The lowest BCUT2D eigenvalue weighted by Crippen LogP contribution is -2.03. The van der Waals surface area contributed by atoms with Crippen molar-refractivity contribution in [3.8, 4) is 0 Å². The summed E-state index contributed by atoms with van der Waals surface area (Å²) < 4.78 is 13.3. The van der Waals surface area contributed by atoms with Crippen molar-refractivity contribution in [3.05, 3.63) is 69.0 Å². The fraction of sp³-hybridized carbons (Fsp3) is 0.200. The molecule has 2 aromatic rings. The van der Waals surface area contributed by atoms with E-state index in [0.29, 0.717) is 12.1 Å². The Morgan fingerprint density at radius 3 is 2.70 bits per heavy atom. The van der Waals surface area contributed by atoms with E-state index in [-0.39, 0.29) is 5.69 Å². The number of nitro benzene ring substituents is 1. The summed E-state index contributed by atoms with van der Waals surface area (Å²) in [5.41, 5.74) is 3.51. The molecule has 104 valence electrons. The van der Waals surface area contributed by atoms with E-state index in [2.05, 4.69) is 5.32 Å². The number of nitrogens with zero attached hydrogens (tertiary/aromatic N) is 1. The first-order valence-corrected chi connectivity index (χ1v) is 6.21. The summed E-state index contributed by atoms with van der Waals surface area (Å²) in [5.74, 6) is -0.600. The lowest BCUT2D eigenvalue weighted by Gasteiger charge is -2.11. The molecule has 0 atom stereocenters. The number of non-ortho nitro benzene ring substituents is 1. The molecule has 2 aromatic carbocycles. The molecule has 0 radical (unpaired) electrons. The van der Waals surface area contributed by atoms with Gasteiger partial charge in [0.15, 0.2) is 0 Å². The van der Waals surface area contributed by atoms with Crippen LogP contribution in [0.1, 0.15) is 16.7 Å². The maximum atomic E-state index is 13.3. The third-order valence-corrected chi connectivity index (χ3v) is 3.24. The van der Waals surface area contributed by atoms with Gasteiger partial charge in [0.05, 0.1) is 11.0 Å². The molecule has 0 amide bonds. The minimum Gasteiger partial charge on any atom is -0.381 e. The maximum Gasteiger partial charge on any atom is 0.272 e. The molecule has 0 fully saturated rings. The van der Waals surface area contributed by atoms with Crippen LogP contribution in [-0.2, 0) is 6.54 Å². The van der Waals surface area contributed by atoms with Crippen molar-refractivity contribution in [1.82, 2.24) is 0 Å². The smallest absolute Gasteiger partial charge is 0.272 e. The molecule has 0 aliphatic carbocycles. The Balaban J connectivity index is 2.19. The standard InChI is InChI=1S/C15H15FN2O2/c1-10-4-3-5-15(11(10)2)17-9-12-6-13(16)8-14(7-12)18(19)20/h3-8,17H,9H2,1-2H3. The Kier molecular flexibility index (Phi) is 3.98. The van der Waals surface area contributed by atoms with Gasteiger partial charge in [0.1, 0.15) is 5.82 Å². The van der Waals surface area contributed by atoms with E-state index in [9.17, 15) is 14.5 Å². The second kappa shape index (κ2) is 5.69. The number of hydrogen-bond donors (Lipinski definition) is 1. The monoisotopic (exact) mass is 274 g/mol. The summed E-state index contributed by atoms with van der Waals surface area (Å²) in [7, 11) is 0. The summed E-state index contributed by atoms with van der Waals surface area (Å²) in [4.78, 5) is 10.1. The van der Waals surface area contributed by atoms with Crippen LogP contribution in [0.5, 0.6) is 0 Å². The number of aryl methyl sites for hydroxylation is 1. The maximum absolute atomic E-state index is 13.3. The van der Waals surface area contributed by atoms with Crippen LogP contribution < -0.4 is 5.32 Å². The minimum absolute atomic E-state index is 0.234. The molecule has 0 spiro atoms. The van der Waals surface area contributed by atoms with Gasteiger partial charge < -0.3 is 5.32 Å². The number of halogens is 1. The van der Waals surface area contributed by atoms with Crippen molar-refractivity contribution in [3.63, 3.8) is 0 Å². The Morgan fingerprint density at radius 1 is 1.25 bits per heavy atom. The summed E-state index contributed by atoms with van der Waals surface area (Å²) in [5, 5.41) is 13.9. The molecule has 20 heavy (non-hydrogen) atoms. The van der Waals surface area contributed by atoms with Gasteiger partial charge in [0.2, 0.25) is 0 Å². The molecule has 0 aromatic heterocycles. The summed E-state index contributed by atoms with van der Waals surface area (Å²) in [6.45, 7) is 4.34. The molecule has 1 N–H and O–H groups in total. The van der Waals surface area contributed by atoms with E-state index in [0.717, 1.165) is 22.9 Å². The van der Waals surface area contributed by atoms with Crippen molar-refractivity contribution in [2.75, 3.05) is 5.32 Å². The molecule has 0 saturated heterocycles. The third-order valence-electron chi connectivity index (χ3n) is 3.24. The quantitative estimate of drug-likeness (QED) is 0.678. The molecule has 0 bridgehead atoms. The van der Waals surface area contributed by atoms with Crippen LogP contribution in [0.3, 0.4) is 0 Å². The molecule has 0 unspecified atom stereocenters. The van der Waals surface area contributed by atoms with E-state index >= 15 is 0 Å². The normalized spacial score (nSPS) is 10.3. The summed E-state index contributed by atoms with van der Waals surface area (Å²) in [6.07, 6.45) is 0. The predicted octanol–water partition coefficient (Wildman–Crippen LogP) is 3.96. The highest BCUT2D eigenvalue weighted by molar-refractivity contribution is 5.54. The lowest BCUT2D eigenvalue weighted by atomic mass is 10.1. The van der Waals surface area contributed by atoms with Crippen molar-refractivity contribution >= 4 is 11.4 Å². The lowest BCUT2D eigenvalue weighted by molar-refractivity contribution is -0.385. The Labute approximate surface area is 116 Å². The Bertz CT molecular complexity index is 656. The molecule has 0 aliphatic rings.